The van der Waals surface area contributed by atoms with E-state index in [1.807, 2.05) is 0 Å². The fraction of sp³-hybridized carbons (Fsp3) is 0.0667. The lowest BCUT2D eigenvalue weighted by atomic mass is 10.1. The molecule has 0 fully saturated rings. The predicted octanol–water partition coefficient (Wildman–Crippen LogP) is 2.98. The van der Waals surface area contributed by atoms with Crippen LogP contribution in [0.15, 0.2) is 35.2 Å². The van der Waals surface area contributed by atoms with Gasteiger partial charge >= 0.3 is 6.01 Å². The van der Waals surface area contributed by atoms with E-state index in [2.05, 4.69) is 38.1 Å². The molecule has 142 valence electrons. The number of hydrogen-bond acceptors (Lipinski definition) is 6. The van der Waals surface area contributed by atoms with E-state index >= 15 is 0 Å². The Morgan fingerprint density at radius 1 is 1.26 bits per heavy atom. The van der Waals surface area contributed by atoms with Gasteiger partial charge in [-0.2, -0.15) is 0 Å². The molecule has 0 spiro atoms. The highest BCUT2D eigenvalue weighted by molar-refractivity contribution is 14.1. The van der Waals surface area contributed by atoms with Gasteiger partial charge in [0, 0.05) is 16.2 Å². The number of nitrogens with two attached hydrogens (primary N) is 1. The van der Waals surface area contributed by atoms with Gasteiger partial charge in [-0.05, 0) is 52.9 Å². The second kappa shape index (κ2) is 7.22. The van der Waals surface area contributed by atoms with Gasteiger partial charge in [-0.25, -0.2) is 17.9 Å². The average molecular weight is 524 g/mol. The largest absolute Gasteiger partial charge is 0.479 e. The first-order chi connectivity index (χ1) is 12.6. The number of primary sulfonamides is 1. The summed E-state index contributed by atoms with van der Waals surface area (Å²) in [6.07, 6.45) is 0. The molecule has 0 aliphatic rings. The summed E-state index contributed by atoms with van der Waals surface area (Å²) in [6.45, 7) is 0. The van der Waals surface area contributed by atoms with E-state index in [-0.39, 0.29) is 17.1 Å². The van der Waals surface area contributed by atoms with Crippen LogP contribution in [0.3, 0.4) is 0 Å². The van der Waals surface area contributed by atoms with E-state index in [0.29, 0.717) is 10.7 Å². The normalized spacial score (nSPS) is 11.6. The molecule has 27 heavy (non-hydrogen) atoms. The summed E-state index contributed by atoms with van der Waals surface area (Å²) in [5.74, 6) is -0.946. The zero-order chi connectivity index (χ0) is 19.9. The molecule has 8 nitrogen and oxygen atoms in total. The van der Waals surface area contributed by atoms with Crippen molar-refractivity contribution in [3.63, 3.8) is 0 Å². The van der Waals surface area contributed by atoms with E-state index in [1.54, 1.807) is 18.2 Å². The number of rotatable bonds is 4. The number of benzene rings is 2. The van der Waals surface area contributed by atoms with Crippen molar-refractivity contribution in [1.29, 1.82) is 0 Å². The van der Waals surface area contributed by atoms with Crippen molar-refractivity contribution in [2.45, 2.75) is 4.90 Å². The van der Waals surface area contributed by atoms with Crippen LogP contribution in [-0.4, -0.2) is 28.3 Å². The predicted molar refractivity (Wildman–Crippen MR) is 107 cm³/mol. The summed E-state index contributed by atoms with van der Waals surface area (Å²) < 4.78 is 39.9. The quantitative estimate of drug-likeness (QED) is 0.452. The fourth-order valence-electron chi connectivity index (χ4n) is 2.35. The van der Waals surface area contributed by atoms with Gasteiger partial charge in [-0.3, -0.25) is 4.57 Å². The molecule has 1 heterocycles. The number of anilines is 2. The molecule has 0 atom stereocenters. The maximum atomic E-state index is 14.4. The maximum Gasteiger partial charge on any atom is 0.314 e. The second-order valence-corrected chi connectivity index (χ2v) is 8.69. The monoisotopic (exact) mass is 523 g/mol. The zero-order valence-electron chi connectivity index (χ0n) is 13.6. The van der Waals surface area contributed by atoms with E-state index in [1.165, 1.54) is 11.6 Å². The van der Waals surface area contributed by atoms with Crippen molar-refractivity contribution in [3.05, 3.63) is 44.7 Å². The van der Waals surface area contributed by atoms with Crippen molar-refractivity contribution in [1.82, 2.24) is 14.8 Å². The summed E-state index contributed by atoms with van der Waals surface area (Å²) in [6, 6.07) is 6.77. The molecule has 1 aromatic heterocycles. The van der Waals surface area contributed by atoms with Crippen molar-refractivity contribution in [2.24, 2.45) is 12.2 Å². The molecule has 0 bridgehead atoms. The number of sulfonamides is 1. The van der Waals surface area contributed by atoms with Crippen molar-refractivity contribution < 1.29 is 17.9 Å². The molecule has 0 amide bonds. The van der Waals surface area contributed by atoms with Crippen LogP contribution in [0.2, 0.25) is 5.02 Å². The molecule has 12 heteroatoms. The Hall–Kier alpha value is -1.96. The molecule has 0 saturated carbocycles. The first kappa shape index (κ1) is 19.8. The Morgan fingerprint density at radius 2 is 1.96 bits per heavy atom. The average Bonchev–Trinajstić information content (AvgIpc) is 2.89. The lowest BCUT2D eigenvalue weighted by Crippen LogP contribution is -2.15. The fourth-order valence-corrected chi connectivity index (χ4v) is 3.87. The lowest BCUT2D eigenvalue weighted by molar-refractivity contribution is 0.410. The molecule has 0 unspecified atom stereocenters. The SMILES string of the molecule is Cn1c(O)nnc1-c1cc(S(N)(=O)=O)c(F)cc1Nc1ccc(I)cc1Cl. The van der Waals surface area contributed by atoms with Crippen molar-refractivity contribution in [3.8, 4) is 17.4 Å². The third kappa shape index (κ3) is 4.00. The highest BCUT2D eigenvalue weighted by atomic mass is 127. The van der Waals surface area contributed by atoms with Gasteiger partial charge in [-0.15, -0.1) is 5.10 Å². The van der Waals surface area contributed by atoms with Gasteiger partial charge in [0.1, 0.15) is 10.7 Å². The van der Waals surface area contributed by atoms with E-state index in [0.717, 1.165) is 15.7 Å². The summed E-state index contributed by atoms with van der Waals surface area (Å²) in [7, 11) is -2.86. The first-order valence-corrected chi connectivity index (χ1v) is 10.3. The number of aromatic nitrogens is 3. The van der Waals surface area contributed by atoms with Gasteiger partial charge in [0.25, 0.3) is 0 Å². The zero-order valence-corrected chi connectivity index (χ0v) is 17.3. The minimum Gasteiger partial charge on any atom is -0.479 e. The van der Waals surface area contributed by atoms with Gasteiger partial charge in [0.15, 0.2) is 5.82 Å². The summed E-state index contributed by atoms with van der Waals surface area (Å²) >= 11 is 8.30. The molecule has 0 aliphatic heterocycles. The van der Waals surface area contributed by atoms with Gasteiger partial charge in [0.2, 0.25) is 10.0 Å². The minimum atomic E-state index is -4.32. The Morgan fingerprint density at radius 3 is 2.52 bits per heavy atom. The topological polar surface area (TPSA) is 123 Å². The number of halogens is 3. The molecule has 0 aliphatic carbocycles. The molecule has 3 rings (SSSR count). The van der Waals surface area contributed by atoms with Crippen LogP contribution in [0.1, 0.15) is 0 Å². The van der Waals surface area contributed by atoms with Gasteiger partial charge in [0.05, 0.1) is 16.4 Å². The second-order valence-electron chi connectivity index (χ2n) is 5.51. The summed E-state index contributed by atoms with van der Waals surface area (Å²) in [5, 5.41) is 25.4. The van der Waals surface area contributed by atoms with Crippen LogP contribution in [-0.2, 0) is 17.1 Å². The summed E-state index contributed by atoms with van der Waals surface area (Å²) in [4.78, 5) is -0.709. The minimum absolute atomic E-state index is 0.0986. The van der Waals surface area contributed by atoms with Crippen molar-refractivity contribution >= 4 is 55.6 Å². The van der Waals surface area contributed by atoms with Crippen LogP contribution in [0.4, 0.5) is 15.8 Å². The van der Waals surface area contributed by atoms with Crippen LogP contribution in [0.25, 0.3) is 11.4 Å². The van der Waals surface area contributed by atoms with Crippen LogP contribution >= 0.6 is 34.2 Å². The number of nitrogens with one attached hydrogen (secondary N) is 1. The molecule has 2 aromatic carbocycles. The smallest absolute Gasteiger partial charge is 0.314 e. The van der Waals surface area contributed by atoms with Crippen LogP contribution < -0.4 is 10.5 Å². The standard InChI is InChI=1S/C15H12ClFIN5O3S/c1-23-14(21-22-15(23)24)8-5-13(27(19,25)26)10(17)6-12(8)20-11-3-2-7(18)4-9(11)16/h2-6,20H,1H3,(H,22,24)(H2,19,25,26). The molecule has 0 radical (unpaired) electrons. The van der Waals surface area contributed by atoms with E-state index in [4.69, 9.17) is 16.7 Å². The Bertz CT molecular complexity index is 1150. The molecule has 3 aromatic rings. The Labute approximate surface area is 172 Å². The Kier molecular flexibility index (Phi) is 5.29. The van der Waals surface area contributed by atoms with Crippen LogP contribution in [0.5, 0.6) is 6.01 Å². The first-order valence-electron chi connectivity index (χ1n) is 7.25. The number of nitrogens with zero attached hydrogens (tertiary/aromatic N) is 3. The maximum absolute atomic E-state index is 14.4. The Balaban J connectivity index is 2.23. The van der Waals surface area contributed by atoms with Crippen LogP contribution in [0, 0.1) is 9.39 Å². The van der Waals surface area contributed by atoms with E-state index in [9.17, 15) is 17.9 Å². The van der Waals surface area contributed by atoms with E-state index < -0.39 is 26.7 Å². The molecule has 4 N–H and O–H groups in total. The highest BCUT2D eigenvalue weighted by Crippen LogP contribution is 2.36. The molecule has 0 saturated heterocycles. The third-order valence-corrected chi connectivity index (χ3v) is 5.58. The molecular weight excluding hydrogens is 512 g/mol. The van der Waals surface area contributed by atoms with Gasteiger partial charge in [-0.1, -0.05) is 16.7 Å². The highest BCUT2D eigenvalue weighted by Gasteiger charge is 2.22. The molecular formula is C15H12ClFIN5O3S. The van der Waals surface area contributed by atoms with Gasteiger partial charge < -0.3 is 10.4 Å². The number of aromatic hydroxyl groups is 1. The third-order valence-electron chi connectivity index (χ3n) is 3.67. The number of hydrogen-bond donors (Lipinski definition) is 3. The summed E-state index contributed by atoms with van der Waals surface area (Å²) in [5.41, 5.74) is 0.788. The lowest BCUT2D eigenvalue weighted by Gasteiger charge is -2.15. The van der Waals surface area contributed by atoms with Crippen molar-refractivity contribution in [2.75, 3.05) is 5.32 Å².